The molecule has 7 heteroatoms. The average Bonchev–Trinajstić information content (AvgIpc) is 2.67. The Bertz CT molecular complexity index is 780. The molecule has 0 spiro atoms. The number of carbonyl (C=O) groups is 1. The van der Waals surface area contributed by atoms with Gasteiger partial charge in [0, 0.05) is 11.0 Å². The number of aliphatic hydroxyl groups excluding tert-OH is 1. The van der Waals surface area contributed by atoms with Crippen molar-refractivity contribution in [3.63, 3.8) is 0 Å². The molecule has 1 aliphatic rings. The number of halogens is 2. The molecule has 154 valence electrons. The van der Waals surface area contributed by atoms with Crippen molar-refractivity contribution in [2.24, 2.45) is 5.92 Å². The van der Waals surface area contributed by atoms with Gasteiger partial charge in [0.05, 0.1) is 12.5 Å². The first-order valence-corrected chi connectivity index (χ1v) is 10.2. The van der Waals surface area contributed by atoms with Gasteiger partial charge in [-0.15, -0.1) is 12.4 Å². The highest BCUT2D eigenvalue weighted by Gasteiger charge is 2.26. The average molecular weight is 473 g/mol. The van der Waals surface area contributed by atoms with Crippen LogP contribution in [0.1, 0.15) is 19.8 Å². The Morgan fingerprint density at radius 3 is 2.61 bits per heavy atom. The highest BCUT2D eigenvalue weighted by Crippen LogP contribution is 2.24. The maximum Gasteiger partial charge on any atom is 0.309 e. The summed E-state index contributed by atoms with van der Waals surface area (Å²) in [6, 6.07) is 12.0. The second-order valence-electron chi connectivity index (χ2n) is 6.95. The molecule has 28 heavy (non-hydrogen) atoms. The molecule has 1 aliphatic heterocycles. The Morgan fingerprint density at radius 2 is 1.89 bits per heavy atom. The maximum absolute atomic E-state index is 11.8. The van der Waals surface area contributed by atoms with E-state index in [-0.39, 0.29) is 30.9 Å². The molecule has 3 rings (SSSR count). The molecule has 1 saturated heterocycles. The molecule has 0 saturated carbocycles. The Kier molecular flexibility index (Phi) is 9.02. The van der Waals surface area contributed by atoms with Crippen LogP contribution in [0.3, 0.4) is 0 Å². The van der Waals surface area contributed by atoms with Crippen LogP contribution in [0, 0.1) is 5.92 Å². The van der Waals surface area contributed by atoms with Gasteiger partial charge < -0.3 is 19.5 Å². The van der Waals surface area contributed by atoms with Gasteiger partial charge in [0.1, 0.15) is 18.5 Å². The third-order valence-corrected chi connectivity index (χ3v) is 5.39. The fourth-order valence-electron chi connectivity index (χ4n) is 3.44. The van der Waals surface area contributed by atoms with E-state index in [1.54, 1.807) is 0 Å². The Labute approximate surface area is 180 Å². The van der Waals surface area contributed by atoms with Crippen molar-refractivity contribution in [1.82, 2.24) is 4.90 Å². The van der Waals surface area contributed by atoms with E-state index < -0.39 is 6.10 Å². The lowest BCUT2D eigenvalue weighted by molar-refractivity contribution is -0.149. The molecule has 0 radical (unpaired) electrons. The van der Waals surface area contributed by atoms with E-state index in [4.69, 9.17) is 9.47 Å². The number of ether oxygens (including phenoxy) is 2. The summed E-state index contributed by atoms with van der Waals surface area (Å²) in [5, 5.41) is 12.6. The van der Waals surface area contributed by atoms with E-state index in [1.807, 2.05) is 37.3 Å². The molecule has 2 aromatic rings. The quantitative estimate of drug-likeness (QED) is 0.616. The molecule has 5 nitrogen and oxygen atoms in total. The summed E-state index contributed by atoms with van der Waals surface area (Å²) in [7, 11) is 0. The van der Waals surface area contributed by atoms with Crippen LogP contribution in [-0.2, 0) is 9.53 Å². The van der Waals surface area contributed by atoms with Crippen molar-refractivity contribution < 1.29 is 19.4 Å². The van der Waals surface area contributed by atoms with E-state index in [0.29, 0.717) is 13.2 Å². The summed E-state index contributed by atoms with van der Waals surface area (Å²) in [5.41, 5.74) is 0. The molecular weight excluding hydrogens is 446 g/mol. The van der Waals surface area contributed by atoms with Gasteiger partial charge in [-0.1, -0.05) is 28.1 Å². The Morgan fingerprint density at radius 1 is 1.21 bits per heavy atom. The minimum Gasteiger partial charge on any atom is -0.491 e. The van der Waals surface area contributed by atoms with Crippen molar-refractivity contribution in [3.05, 3.63) is 40.9 Å². The van der Waals surface area contributed by atoms with Crippen molar-refractivity contribution in [3.8, 4) is 5.75 Å². The highest BCUT2D eigenvalue weighted by molar-refractivity contribution is 9.10. The van der Waals surface area contributed by atoms with Gasteiger partial charge in [-0.3, -0.25) is 4.79 Å². The normalized spacial score (nSPS) is 16.4. The lowest BCUT2D eigenvalue weighted by Crippen LogP contribution is -2.42. The summed E-state index contributed by atoms with van der Waals surface area (Å²) in [6.45, 7) is 4.66. The number of likely N-dealkylation sites (tertiary alicyclic amines) is 1. The van der Waals surface area contributed by atoms with Crippen molar-refractivity contribution >= 4 is 45.1 Å². The molecule has 1 N–H and O–H groups in total. The van der Waals surface area contributed by atoms with Gasteiger partial charge in [-0.25, -0.2) is 0 Å². The van der Waals surface area contributed by atoms with Gasteiger partial charge in [0.15, 0.2) is 0 Å². The Balaban J connectivity index is 0.00000280. The van der Waals surface area contributed by atoms with E-state index in [1.165, 1.54) is 0 Å². The molecule has 1 heterocycles. The van der Waals surface area contributed by atoms with E-state index in [2.05, 4.69) is 26.9 Å². The number of carbonyl (C=O) groups excluding carboxylic acids is 1. The predicted molar refractivity (Wildman–Crippen MR) is 116 cm³/mol. The SMILES string of the molecule is CCOC(=O)C1CCN(CC(O)COc2ccc3cc(Br)ccc3c2)CC1.Cl. The molecule has 1 fully saturated rings. The number of hydrogen-bond donors (Lipinski definition) is 1. The zero-order valence-electron chi connectivity index (χ0n) is 16.0. The first-order valence-electron chi connectivity index (χ1n) is 9.44. The number of piperidine rings is 1. The van der Waals surface area contributed by atoms with Crippen molar-refractivity contribution in [2.45, 2.75) is 25.9 Å². The summed E-state index contributed by atoms with van der Waals surface area (Å²) in [6.07, 6.45) is 1.00. The largest absolute Gasteiger partial charge is 0.491 e. The summed E-state index contributed by atoms with van der Waals surface area (Å²) in [5.74, 6) is 0.654. The molecule has 0 aromatic heterocycles. The lowest BCUT2D eigenvalue weighted by Gasteiger charge is -2.32. The van der Waals surface area contributed by atoms with Gasteiger partial charge in [0.2, 0.25) is 0 Å². The minimum atomic E-state index is -0.565. The van der Waals surface area contributed by atoms with Gasteiger partial charge in [-0.05, 0) is 67.9 Å². The number of fused-ring (bicyclic) bond motifs is 1. The number of esters is 1. The van der Waals surface area contributed by atoms with Crippen LogP contribution in [0.25, 0.3) is 10.8 Å². The van der Waals surface area contributed by atoms with Crippen LogP contribution in [0.15, 0.2) is 40.9 Å². The van der Waals surface area contributed by atoms with E-state index in [9.17, 15) is 9.90 Å². The fourth-order valence-corrected chi connectivity index (χ4v) is 3.82. The van der Waals surface area contributed by atoms with E-state index >= 15 is 0 Å². The Hall–Kier alpha value is -1.34. The molecule has 2 aromatic carbocycles. The molecule has 0 bridgehead atoms. The minimum absolute atomic E-state index is 0. The smallest absolute Gasteiger partial charge is 0.309 e. The maximum atomic E-state index is 11.8. The van der Waals surface area contributed by atoms with Gasteiger partial charge in [0.25, 0.3) is 0 Å². The van der Waals surface area contributed by atoms with Gasteiger partial charge >= 0.3 is 5.97 Å². The lowest BCUT2D eigenvalue weighted by atomic mass is 9.97. The summed E-state index contributed by atoms with van der Waals surface area (Å²) >= 11 is 3.47. The summed E-state index contributed by atoms with van der Waals surface area (Å²) in [4.78, 5) is 14.0. The molecule has 1 atom stereocenters. The first-order chi connectivity index (χ1) is 13.0. The third-order valence-electron chi connectivity index (χ3n) is 4.89. The standard InChI is InChI=1S/C21H26BrNO4.ClH/c1-2-26-21(25)15-7-9-23(10-8-15)13-19(24)14-27-20-6-4-16-11-18(22)5-3-17(16)12-20;/h3-6,11-12,15,19,24H,2,7-10,13-14H2,1H3;1H. The number of benzene rings is 2. The van der Waals surface area contributed by atoms with Crippen LogP contribution in [0.5, 0.6) is 5.75 Å². The first kappa shape index (κ1) is 22.9. The number of β-amino-alcohol motifs (C(OH)–C–C–N with tert-alkyl or cyclic N) is 1. The van der Waals surface area contributed by atoms with Crippen LogP contribution in [-0.4, -0.2) is 54.9 Å². The fraction of sp³-hybridized carbons (Fsp3) is 0.476. The second-order valence-corrected chi connectivity index (χ2v) is 7.86. The zero-order chi connectivity index (χ0) is 19.2. The molecule has 1 unspecified atom stereocenters. The zero-order valence-corrected chi connectivity index (χ0v) is 18.4. The van der Waals surface area contributed by atoms with Crippen LogP contribution >= 0.6 is 28.3 Å². The highest BCUT2D eigenvalue weighted by atomic mass is 79.9. The predicted octanol–water partition coefficient (Wildman–Crippen LogP) is 4.04. The number of aliphatic hydroxyl groups is 1. The van der Waals surface area contributed by atoms with E-state index in [0.717, 1.165) is 46.9 Å². The van der Waals surface area contributed by atoms with Crippen LogP contribution in [0.4, 0.5) is 0 Å². The summed E-state index contributed by atoms with van der Waals surface area (Å²) < 4.78 is 11.9. The number of rotatable bonds is 7. The van der Waals surface area contributed by atoms with Gasteiger partial charge in [-0.2, -0.15) is 0 Å². The van der Waals surface area contributed by atoms with Crippen LogP contribution < -0.4 is 4.74 Å². The molecule has 0 amide bonds. The topological polar surface area (TPSA) is 59.0 Å². The monoisotopic (exact) mass is 471 g/mol. The van der Waals surface area contributed by atoms with Crippen LogP contribution in [0.2, 0.25) is 0 Å². The van der Waals surface area contributed by atoms with Crippen molar-refractivity contribution in [2.75, 3.05) is 32.8 Å². The second kappa shape index (κ2) is 11.0. The molecule has 0 aliphatic carbocycles. The van der Waals surface area contributed by atoms with Crippen molar-refractivity contribution in [1.29, 1.82) is 0 Å². The number of hydrogen-bond acceptors (Lipinski definition) is 5. The number of nitrogens with zero attached hydrogens (tertiary/aromatic N) is 1. The third kappa shape index (κ3) is 6.34. The molecular formula is C21H27BrClNO4.